The molecular weight excluding hydrogens is 400 g/mol. The van der Waals surface area contributed by atoms with E-state index < -0.39 is 56.1 Å². The summed E-state index contributed by atoms with van der Waals surface area (Å²) in [5.41, 5.74) is -7.77. The molecule has 0 radical (unpaired) electrons. The van der Waals surface area contributed by atoms with Crippen molar-refractivity contribution in [1.29, 1.82) is 0 Å². The average Bonchev–Trinajstić information content (AvgIpc) is 2.58. The Labute approximate surface area is 152 Å². The number of nitro groups is 2. The van der Waals surface area contributed by atoms with Gasteiger partial charge in [0.05, 0.1) is 32.7 Å². The Morgan fingerprint density at radius 2 is 1.39 bits per heavy atom. The molecule has 28 heavy (non-hydrogen) atoms. The minimum Gasteiger partial charge on any atom is -0.338 e. The molecule has 0 aromatic heterocycles. The van der Waals surface area contributed by atoms with E-state index in [2.05, 4.69) is 0 Å². The van der Waals surface area contributed by atoms with Crippen LogP contribution in [0.3, 0.4) is 0 Å². The number of rotatable bonds is 4. The molecule has 150 valence electrons. The Balaban J connectivity index is 2.88. The van der Waals surface area contributed by atoms with Crippen molar-refractivity contribution in [2.45, 2.75) is 12.4 Å². The summed E-state index contributed by atoms with van der Waals surface area (Å²) in [6.45, 7) is 0. The molecule has 2 aromatic rings. The number of hydrogen-bond donors (Lipinski definition) is 0. The second-order valence-electron chi connectivity index (χ2n) is 5.45. The van der Waals surface area contributed by atoms with E-state index in [-0.39, 0.29) is 12.1 Å². The summed E-state index contributed by atoms with van der Waals surface area (Å²) >= 11 is 0. The number of hydrogen-bond acceptors (Lipinski definition) is 5. The van der Waals surface area contributed by atoms with E-state index in [0.717, 1.165) is 25.2 Å². The Morgan fingerprint density at radius 1 is 0.857 bits per heavy atom. The summed E-state index contributed by atoms with van der Waals surface area (Å²) in [5, 5.41) is 22.1. The molecule has 0 saturated heterocycles. The van der Waals surface area contributed by atoms with Gasteiger partial charge in [-0.3, -0.25) is 20.2 Å². The van der Waals surface area contributed by atoms with Crippen LogP contribution in [-0.2, 0) is 12.4 Å². The molecule has 2 aromatic carbocycles. The van der Waals surface area contributed by atoms with Gasteiger partial charge in [0, 0.05) is 13.1 Å². The number of benzene rings is 2. The largest absolute Gasteiger partial charge is 0.418 e. The maximum absolute atomic E-state index is 13.5. The van der Waals surface area contributed by atoms with Crippen molar-refractivity contribution in [3.63, 3.8) is 0 Å². The van der Waals surface area contributed by atoms with Crippen LogP contribution in [0.15, 0.2) is 36.4 Å². The number of nitrogens with zero attached hydrogens (tertiary/aromatic N) is 3. The lowest BCUT2D eigenvalue weighted by atomic mass is 10.1. The fraction of sp³-hybridized carbons (Fsp3) is 0.200. The molecule has 0 fully saturated rings. The summed E-state index contributed by atoms with van der Waals surface area (Å²) in [7, 11) is 0.772. The third-order valence-electron chi connectivity index (χ3n) is 3.69. The van der Waals surface area contributed by atoms with Gasteiger partial charge in [0.1, 0.15) is 5.69 Å². The molecular formula is C15H9F6N3O4. The fourth-order valence-corrected chi connectivity index (χ4v) is 2.54. The molecule has 0 saturated carbocycles. The number of anilines is 2. The van der Waals surface area contributed by atoms with Gasteiger partial charge in [0.15, 0.2) is 0 Å². The van der Waals surface area contributed by atoms with E-state index in [9.17, 15) is 46.6 Å². The topological polar surface area (TPSA) is 89.5 Å². The van der Waals surface area contributed by atoms with Gasteiger partial charge in [-0.15, -0.1) is 0 Å². The van der Waals surface area contributed by atoms with Crippen LogP contribution in [0, 0.1) is 20.2 Å². The molecule has 0 unspecified atom stereocenters. The highest BCUT2D eigenvalue weighted by atomic mass is 19.4. The second kappa shape index (κ2) is 6.98. The molecule has 0 aliphatic heterocycles. The van der Waals surface area contributed by atoms with Crippen molar-refractivity contribution in [2.75, 3.05) is 11.9 Å². The lowest BCUT2D eigenvalue weighted by Crippen LogP contribution is -2.21. The molecule has 0 N–H and O–H groups in total. The summed E-state index contributed by atoms with van der Waals surface area (Å²) in [4.78, 5) is 19.8. The second-order valence-corrected chi connectivity index (χ2v) is 5.45. The summed E-state index contributed by atoms with van der Waals surface area (Å²) < 4.78 is 80.0. The predicted octanol–water partition coefficient (Wildman–Crippen LogP) is 5.31. The van der Waals surface area contributed by atoms with E-state index >= 15 is 0 Å². The zero-order valence-corrected chi connectivity index (χ0v) is 13.7. The first kappa shape index (κ1) is 20.9. The van der Waals surface area contributed by atoms with Gasteiger partial charge in [-0.2, -0.15) is 26.3 Å². The van der Waals surface area contributed by atoms with Crippen LogP contribution < -0.4 is 4.90 Å². The highest BCUT2D eigenvalue weighted by Crippen LogP contribution is 2.47. The zero-order valence-electron chi connectivity index (χ0n) is 13.7. The lowest BCUT2D eigenvalue weighted by molar-refractivity contribution is -0.394. The van der Waals surface area contributed by atoms with Crippen molar-refractivity contribution in [1.82, 2.24) is 0 Å². The molecule has 0 bridgehead atoms. The van der Waals surface area contributed by atoms with E-state index in [0.29, 0.717) is 11.0 Å². The Kier molecular flexibility index (Phi) is 5.21. The van der Waals surface area contributed by atoms with Crippen molar-refractivity contribution in [3.8, 4) is 0 Å². The van der Waals surface area contributed by atoms with Crippen LogP contribution in [0.25, 0.3) is 0 Å². The monoisotopic (exact) mass is 409 g/mol. The van der Waals surface area contributed by atoms with Gasteiger partial charge in [-0.1, -0.05) is 12.1 Å². The maximum Gasteiger partial charge on any atom is 0.418 e. The Hall–Kier alpha value is -3.38. The fourth-order valence-electron chi connectivity index (χ4n) is 2.54. The van der Waals surface area contributed by atoms with Gasteiger partial charge in [-0.25, -0.2) is 0 Å². The summed E-state index contributed by atoms with van der Waals surface area (Å²) in [5.74, 6) is 0. The average molecular weight is 409 g/mol. The van der Waals surface area contributed by atoms with Crippen LogP contribution in [0.1, 0.15) is 11.1 Å². The molecule has 0 spiro atoms. The Bertz CT molecular complexity index is 942. The summed E-state index contributed by atoms with van der Waals surface area (Å²) in [6.07, 6.45) is -10.3. The molecule has 0 amide bonds. The van der Waals surface area contributed by atoms with Gasteiger partial charge in [0.25, 0.3) is 11.4 Å². The molecule has 13 heteroatoms. The van der Waals surface area contributed by atoms with E-state index in [1.165, 1.54) is 0 Å². The first-order chi connectivity index (χ1) is 12.7. The lowest BCUT2D eigenvalue weighted by Gasteiger charge is -2.26. The minimum absolute atomic E-state index is 0.0367. The van der Waals surface area contributed by atoms with Gasteiger partial charge >= 0.3 is 12.4 Å². The number of nitro benzene ring substituents is 2. The van der Waals surface area contributed by atoms with Gasteiger partial charge in [0.2, 0.25) is 0 Å². The van der Waals surface area contributed by atoms with Crippen molar-refractivity contribution >= 4 is 22.7 Å². The molecule has 0 aliphatic rings. The molecule has 0 atom stereocenters. The standard InChI is InChI=1S/C15H9F6N3O4/c1-22(11-5-3-2-4-9(11)14(16,17)18)13-10(15(19,20)21)6-8(23(25)26)7-12(13)24(27)28/h2-7H,1H3. The smallest absolute Gasteiger partial charge is 0.338 e. The highest BCUT2D eigenvalue weighted by Gasteiger charge is 2.42. The maximum atomic E-state index is 13.5. The number of alkyl halides is 6. The predicted molar refractivity (Wildman–Crippen MR) is 84.3 cm³/mol. The molecule has 2 rings (SSSR count). The number of non-ortho nitro benzene ring substituents is 1. The van der Waals surface area contributed by atoms with Crippen molar-refractivity contribution in [2.24, 2.45) is 0 Å². The van der Waals surface area contributed by atoms with E-state index in [4.69, 9.17) is 0 Å². The van der Waals surface area contributed by atoms with E-state index in [1.807, 2.05) is 0 Å². The van der Waals surface area contributed by atoms with Crippen molar-refractivity contribution < 1.29 is 36.2 Å². The number of para-hydroxylation sites is 1. The van der Waals surface area contributed by atoms with Crippen LogP contribution >= 0.6 is 0 Å². The van der Waals surface area contributed by atoms with E-state index in [1.54, 1.807) is 0 Å². The third kappa shape index (κ3) is 3.97. The first-order valence-electron chi connectivity index (χ1n) is 7.19. The van der Waals surface area contributed by atoms with Gasteiger partial charge in [-0.05, 0) is 12.1 Å². The van der Waals surface area contributed by atoms with Crippen LogP contribution in [0.4, 0.5) is 49.1 Å². The van der Waals surface area contributed by atoms with Crippen molar-refractivity contribution in [3.05, 3.63) is 67.8 Å². The quantitative estimate of drug-likeness (QED) is 0.388. The molecule has 7 nitrogen and oxygen atoms in total. The number of halogens is 6. The third-order valence-corrected chi connectivity index (χ3v) is 3.69. The summed E-state index contributed by atoms with van der Waals surface area (Å²) in [6, 6.07) is 3.82. The van der Waals surface area contributed by atoms with Crippen LogP contribution in [0.2, 0.25) is 0 Å². The molecule has 0 aliphatic carbocycles. The highest BCUT2D eigenvalue weighted by molar-refractivity contribution is 5.79. The van der Waals surface area contributed by atoms with Crippen LogP contribution in [0.5, 0.6) is 0 Å². The minimum atomic E-state index is -5.31. The zero-order chi connectivity index (χ0) is 21.4. The normalized spacial score (nSPS) is 12.0. The molecule has 0 heterocycles. The SMILES string of the molecule is CN(c1ccccc1C(F)(F)F)c1c([N+](=O)[O-])cc([N+](=O)[O-])cc1C(F)(F)F. The van der Waals surface area contributed by atoms with Crippen LogP contribution in [-0.4, -0.2) is 16.9 Å². The Morgan fingerprint density at radius 3 is 1.86 bits per heavy atom. The first-order valence-corrected chi connectivity index (χ1v) is 7.19. The van der Waals surface area contributed by atoms with Gasteiger partial charge < -0.3 is 4.90 Å².